The van der Waals surface area contributed by atoms with Crippen molar-refractivity contribution in [3.8, 4) is 11.3 Å². The summed E-state index contributed by atoms with van der Waals surface area (Å²) in [5, 5.41) is 7.47. The number of carbonyl (C=O) groups is 1. The molecule has 1 N–H and O–H groups in total. The van der Waals surface area contributed by atoms with E-state index >= 15 is 0 Å². The van der Waals surface area contributed by atoms with Gasteiger partial charge in [-0.3, -0.25) is 4.79 Å². The number of amides is 1. The molecule has 3 heterocycles. The summed E-state index contributed by atoms with van der Waals surface area (Å²) >= 11 is 0. The number of nitrogens with zero attached hydrogens (tertiary/aromatic N) is 4. The molecular weight excluding hydrogens is 382 g/mol. The highest BCUT2D eigenvalue weighted by molar-refractivity contribution is 5.91. The average Bonchev–Trinajstić information content (AvgIpc) is 3.49. The fourth-order valence-corrected chi connectivity index (χ4v) is 3.38. The summed E-state index contributed by atoms with van der Waals surface area (Å²) in [6.45, 7) is 5.86. The Morgan fingerprint density at radius 1 is 1.10 bits per heavy atom. The Kier molecular flexibility index (Phi) is 6.12. The molecule has 1 aromatic carbocycles. The maximum atomic E-state index is 12.4. The van der Waals surface area contributed by atoms with Crippen molar-refractivity contribution in [2.45, 2.75) is 13.5 Å². The van der Waals surface area contributed by atoms with Crippen LogP contribution in [0.25, 0.3) is 11.3 Å². The van der Waals surface area contributed by atoms with Crippen LogP contribution in [0.3, 0.4) is 0 Å². The van der Waals surface area contributed by atoms with Gasteiger partial charge in [-0.2, -0.15) is 0 Å². The molecule has 0 spiro atoms. The molecule has 30 heavy (non-hydrogen) atoms. The number of rotatable bonds is 5. The third-order valence-corrected chi connectivity index (χ3v) is 4.94. The van der Waals surface area contributed by atoms with Gasteiger partial charge in [0.05, 0.1) is 12.8 Å². The Balaban J connectivity index is 1.38. The Morgan fingerprint density at radius 3 is 2.57 bits per heavy atom. The van der Waals surface area contributed by atoms with Gasteiger partial charge < -0.3 is 24.1 Å². The van der Waals surface area contributed by atoms with Crippen LogP contribution in [0.2, 0.25) is 0 Å². The fourth-order valence-electron chi connectivity index (χ4n) is 3.38. The van der Waals surface area contributed by atoms with E-state index in [2.05, 4.69) is 15.4 Å². The van der Waals surface area contributed by atoms with E-state index < -0.39 is 0 Å². The number of carbonyl (C=O) groups excluding carboxylic acids is 1. The molecule has 4 rings (SSSR count). The number of piperazine rings is 1. The van der Waals surface area contributed by atoms with Gasteiger partial charge in [-0.1, -0.05) is 35.5 Å². The first-order valence-electron chi connectivity index (χ1n) is 10.1. The molecule has 2 aromatic heterocycles. The zero-order valence-corrected chi connectivity index (χ0v) is 17.0. The maximum absolute atomic E-state index is 12.4. The topological polar surface area (TPSA) is 87.1 Å². The van der Waals surface area contributed by atoms with E-state index in [1.54, 1.807) is 12.1 Å². The molecule has 156 valence electrons. The lowest BCUT2D eigenvalue weighted by atomic mass is 10.2. The Bertz CT molecular complexity index is 973. The van der Waals surface area contributed by atoms with Crippen molar-refractivity contribution in [2.24, 2.45) is 4.99 Å². The SMILES string of the molecule is CCNC(=NCc1cc(-c2ccccc2)on1)N1CCN(C(=O)c2ccco2)CC1. The number of nitrogens with one attached hydrogen (secondary N) is 1. The van der Waals surface area contributed by atoms with Crippen LogP contribution in [0.5, 0.6) is 0 Å². The summed E-state index contributed by atoms with van der Waals surface area (Å²) < 4.78 is 10.7. The Hall–Kier alpha value is -3.55. The summed E-state index contributed by atoms with van der Waals surface area (Å²) in [6.07, 6.45) is 1.52. The number of furan rings is 1. The summed E-state index contributed by atoms with van der Waals surface area (Å²) in [7, 11) is 0. The van der Waals surface area contributed by atoms with Gasteiger partial charge in [0.25, 0.3) is 5.91 Å². The van der Waals surface area contributed by atoms with Crippen LogP contribution in [0.15, 0.2) is 68.7 Å². The molecule has 8 heteroatoms. The van der Waals surface area contributed by atoms with Gasteiger partial charge in [0.1, 0.15) is 5.69 Å². The van der Waals surface area contributed by atoms with Crippen LogP contribution in [0.1, 0.15) is 23.2 Å². The number of hydrogen-bond donors (Lipinski definition) is 1. The van der Waals surface area contributed by atoms with Crippen LogP contribution in [0.4, 0.5) is 0 Å². The predicted molar refractivity (Wildman–Crippen MR) is 113 cm³/mol. The van der Waals surface area contributed by atoms with Crippen LogP contribution in [-0.2, 0) is 6.54 Å². The number of guanidine groups is 1. The smallest absolute Gasteiger partial charge is 0.289 e. The molecule has 0 aliphatic carbocycles. The lowest BCUT2D eigenvalue weighted by molar-refractivity contribution is 0.0657. The van der Waals surface area contributed by atoms with Crippen molar-refractivity contribution in [3.05, 3.63) is 66.2 Å². The van der Waals surface area contributed by atoms with Crippen molar-refractivity contribution in [2.75, 3.05) is 32.7 Å². The molecule has 1 aliphatic rings. The first-order chi connectivity index (χ1) is 14.7. The number of aromatic nitrogens is 1. The van der Waals surface area contributed by atoms with E-state index in [9.17, 15) is 4.79 Å². The average molecular weight is 407 g/mol. The van der Waals surface area contributed by atoms with E-state index in [0.717, 1.165) is 29.5 Å². The van der Waals surface area contributed by atoms with Crippen LogP contribution in [-0.4, -0.2) is 59.5 Å². The molecule has 0 radical (unpaired) electrons. The second-order valence-corrected chi connectivity index (χ2v) is 6.98. The van der Waals surface area contributed by atoms with Gasteiger partial charge >= 0.3 is 0 Å². The quantitative estimate of drug-likeness (QED) is 0.517. The minimum atomic E-state index is -0.0716. The third-order valence-electron chi connectivity index (χ3n) is 4.94. The van der Waals surface area contributed by atoms with E-state index in [1.807, 2.05) is 48.2 Å². The molecule has 0 atom stereocenters. The van der Waals surface area contributed by atoms with Crippen LogP contribution < -0.4 is 5.32 Å². The minimum absolute atomic E-state index is 0.0716. The summed E-state index contributed by atoms with van der Waals surface area (Å²) in [5.74, 6) is 1.85. The zero-order chi connectivity index (χ0) is 20.8. The summed E-state index contributed by atoms with van der Waals surface area (Å²) in [4.78, 5) is 21.1. The van der Waals surface area contributed by atoms with Crippen molar-refractivity contribution in [3.63, 3.8) is 0 Å². The first kappa shape index (κ1) is 19.8. The number of hydrogen-bond acceptors (Lipinski definition) is 5. The summed E-state index contributed by atoms with van der Waals surface area (Å²) in [6, 6.07) is 15.2. The van der Waals surface area contributed by atoms with Crippen molar-refractivity contribution in [1.82, 2.24) is 20.3 Å². The lowest BCUT2D eigenvalue weighted by Crippen LogP contribution is -2.53. The standard InChI is InChI=1S/C22H25N5O3/c1-2-23-22(24-16-18-15-20(30-25-18)17-7-4-3-5-8-17)27-12-10-26(11-13-27)21(28)19-9-6-14-29-19/h3-9,14-15H,2,10-13,16H2,1H3,(H,23,24). The molecule has 8 nitrogen and oxygen atoms in total. The molecule has 1 saturated heterocycles. The second-order valence-electron chi connectivity index (χ2n) is 6.98. The van der Waals surface area contributed by atoms with Crippen molar-refractivity contribution >= 4 is 11.9 Å². The second kappa shape index (κ2) is 9.30. The van der Waals surface area contributed by atoms with Crippen molar-refractivity contribution in [1.29, 1.82) is 0 Å². The highest BCUT2D eigenvalue weighted by atomic mass is 16.5. The van der Waals surface area contributed by atoms with Crippen LogP contribution in [0, 0.1) is 0 Å². The Morgan fingerprint density at radius 2 is 1.87 bits per heavy atom. The minimum Gasteiger partial charge on any atom is -0.459 e. The van der Waals surface area contributed by atoms with E-state index in [0.29, 0.717) is 38.5 Å². The highest BCUT2D eigenvalue weighted by Gasteiger charge is 2.25. The van der Waals surface area contributed by atoms with E-state index in [1.165, 1.54) is 6.26 Å². The van der Waals surface area contributed by atoms with Gasteiger partial charge in [0.15, 0.2) is 17.5 Å². The number of aliphatic imine (C=N–C) groups is 1. The first-order valence-corrected chi connectivity index (χ1v) is 10.1. The number of benzene rings is 1. The molecule has 1 fully saturated rings. The van der Waals surface area contributed by atoms with Gasteiger partial charge in [0, 0.05) is 44.4 Å². The van der Waals surface area contributed by atoms with Gasteiger partial charge in [-0.15, -0.1) is 0 Å². The van der Waals surface area contributed by atoms with Crippen LogP contribution >= 0.6 is 0 Å². The molecule has 0 bridgehead atoms. The van der Waals surface area contributed by atoms with Gasteiger partial charge in [0.2, 0.25) is 0 Å². The Labute approximate surface area is 175 Å². The monoisotopic (exact) mass is 407 g/mol. The molecule has 3 aromatic rings. The zero-order valence-electron chi connectivity index (χ0n) is 17.0. The van der Waals surface area contributed by atoms with Gasteiger partial charge in [-0.25, -0.2) is 4.99 Å². The largest absolute Gasteiger partial charge is 0.459 e. The lowest BCUT2D eigenvalue weighted by Gasteiger charge is -2.36. The predicted octanol–water partition coefficient (Wildman–Crippen LogP) is 2.86. The fraction of sp³-hybridized carbons (Fsp3) is 0.318. The van der Waals surface area contributed by atoms with Crippen molar-refractivity contribution < 1.29 is 13.7 Å². The van der Waals surface area contributed by atoms with E-state index in [4.69, 9.17) is 13.9 Å². The summed E-state index contributed by atoms with van der Waals surface area (Å²) in [5.41, 5.74) is 1.76. The van der Waals surface area contributed by atoms with Gasteiger partial charge in [-0.05, 0) is 19.1 Å². The molecule has 0 saturated carbocycles. The maximum Gasteiger partial charge on any atom is 0.289 e. The van der Waals surface area contributed by atoms with E-state index in [-0.39, 0.29) is 5.91 Å². The normalized spacial score (nSPS) is 14.8. The molecule has 0 unspecified atom stereocenters. The molecular formula is C22H25N5O3. The molecule has 1 aliphatic heterocycles. The molecule has 1 amide bonds. The third kappa shape index (κ3) is 4.53. The highest BCUT2D eigenvalue weighted by Crippen LogP contribution is 2.20.